The lowest BCUT2D eigenvalue weighted by Crippen LogP contribution is -2.06. The Balaban J connectivity index is 2.40. The Bertz CT molecular complexity index is 1120. The number of aryl methyl sites for hydroxylation is 1. The molecule has 3 rings (SSSR count). The lowest BCUT2D eigenvalue weighted by atomic mass is 10.1. The number of nitrogens with zero attached hydrogens (tertiary/aromatic N) is 1. The van der Waals surface area contributed by atoms with Gasteiger partial charge in [-0.05, 0) is 49.7 Å². The molecule has 7 heteroatoms. The van der Waals surface area contributed by atoms with Crippen LogP contribution in [0.2, 0.25) is 0 Å². The third kappa shape index (κ3) is 3.44. The van der Waals surface area contributed by atoms with Crippen molar-refractivity contribution >= 4 is 20.7 Å². The molecule has 0 bridgehead atoms. The van der Waals surface area contributed by atoms with Crippen LogP contribution in [0.15, 0.2) is 41.3 Å². The second kappa shape index (κ2) is 6.98. The van der Waals surface area contributed by atoms with Gasteiger partial charge < -0.3 is 14.8 Å². The normalized spacial score (nSPS) is 13.2. The summed E-state index contributed by atoms with van der Waals surface area (Å²) >= 11 is 0. The van der Waals surface area contributed by atoms with Crippen molar-refractivity contribution in [3.63, 3.8) is 0 Å². The highest BCUT2D eigenvalue weighted by molar-refractivity contribution is 7.90. The summed E-state index contributed by atoms with van der Waals surface area (Å²) in [5.74, 6) is -0.753. The van der Waals surface area contributed by atoms with Crippen molar-refractivity contribution in [3.05, 3.63) is 53.5 Å². The molecule has 2 aromatic carbocycles. The SMILES string of the molecule is CCCc1cc2c(O)c(S(C)(=O)=O)ccc2n1-c1ccc(F)cc1C(C)O. The molecule has 0 amide bonds. The van der Waals surface area contributed by atoms with Crippen LogP contribution < -0.4 is 0 Å². The second-order valence-electron chi connectivity index (χ2n) is 6.72. The summed E-state index contributed by atoms with van der Waals surface area (Å²) in [6.07, 6.45) is 1.63. The van der Waals surface area contributed by atoms with Gasteiger partial charge in [-0.3, -0.25) is 0 Å². The first-order valence-electron chi connectivity index (χ1n) is 8.69. The first kappa shape index (κ1) is 19.4. The van der Waals surface area contributed by atoms with Crippen molar-refractivity contribution in [2.24, 2.45) is 0 Å². The van der Waals surface area contributed by atoms with Gasteiger partial charge in [0.25, 0.3) is 0 Å². The highest BCUT2D eigenvalue weighted by Gasteiger charge is 2.21. The fraction of sp³-hybridized carbons (Fsp3) is 0.300. The highest BCUT2D eigenvalue weighted by atomic mass is 32.2. The summed E-state index contributed by atoms with van der Waals surface area (Å²) in [7, 11) is -3.58. The van der Waals surface area contributed by atoms with Gasteiger partial charge in [-0.1, -0.05) is 13.3 Å². The first-order chi connectivity index (χ1) is 12.6. The number of halogens is 1. The Morgan fingerprint density at radius 2 is 1.89 bits per heavy atom. The summed E-state index contributed by atoms with van der Waals surface area (Å²) in [4.78, 5) is -0.134. The van der Waals surface area contributed by atoms with Crippen LogP contribution in [0.1, 0.15) is 37.6 Å². The lowest BCUT2D eigenvalue weighted by Gasteiger charge is -2.17. The maximum Gasteiger partial charge on any atom is 0.179 e. The standard InChI is InChI=1S/C20H22FNO4S/c1-4-5-14-11-16-18(8-9-19(20(16)24)27(3,25)26)22(14)17-7-6-13(21)10-15(17)12(2)23/h6-12,23-24H,4-5H2,1-3H3. The number of benzene rings is 2. The average molecular weight is 391 g/mol. The minimum atomic E-state index is -3.58. The van der Waals surface area contributed by atoms with Gasteiger partial charge in [-0.15, -0.1) is 0 Å². The predicted molar refractivity (Wildman–Crippen MR) is 103 cm³/mol. The van der Waals surface area contributed by atoms with E-state index < -0.39 is 21.8 Å². The van der Waals surface area contributed by atoms with Crippen LogP contribution >= 0.6 is 0 Å². The molecule has 0 saturated heterocycles. The van der Waals surface area contributed by atoms with Crippen molar-refractivity contribution in [1.82, 2.24) is 4.57 Å². The van der Waals surface area contributed by atoms with Crippen molar-refractivity contribution in [2.75, 3.05) is 6.26 Å². The zero-order valence-electron chi connectivity index (χ0n) is 15.4. The second-order valence-corrected chi connectivity index (χ2v) is 8.70. The van der Waals surface area contributed by atoms with Gasteiger partial charge in [0.05, 0.1) is 17.3 Å². The number of rotatable bonds is 5. The van der Waals surface area contributed by atoms with Crippen LogP contribution in [0.25, 0.3) is 16.6 Å². The zero-order chi connectivity index (χ0) is 19.9. The van der Waals surface area contributed by atoms with E-state index in [1.807, 2.05) is 11.5 Å². The fourth-order valence-electron chi connectivity index (χ4n) is 3.39. The number of aromatic hydroxyl groups is 1. The Morgan fingerprint density at radius 1 is 1.19 bits per heavy atom. The summed E-state index contributed by atoms with van der Waals surface area (Å²) < 4.78 is 39.4. The van der Waals surface area contributed by atoms with E-state index in [-0.39, 0.29) is 10.6 Å². The van der Waals surface area contributed by atoms with Crippen molar-refractivity contribution < 1.29 is 23.0 Å². The smallest absolute Gasteiger partial charge is 0.179 e. The third-order valence-electron chi connectivity index (χ3n) is 4.58. The molecule has 1 heterocycles. The van der Waals surface area contributed by atoms with Crippen LogP contribution in [0.3, 0.4) is 0 Å². The van der Waals surface area contributed by atoms with E-state index in [2.05, 4.69) is 0 Å². The van der Waals surface area contributed by atoms with Gasteiger partial charge in [-0.2, -0.15) is 0 Å². The molecule has 27 heavy (non-hydrogen) atoms. The number of aromatic nitrogens is 1. The summed E-state index contributed by atoms with van der Waals surface area (Å²) in [6, 6.07) is 8.92. The third-order valence-corrected chi connectivity index (χ3v) is 5.71. The molecule has 3 aromatic rings. The van der Waals surface area contributed by atoms with Crippen molar-refractivity contribution in [2.45, 2.75) is 37.7 Å². The number of phenolic OH excluding ortho intramolecular Hbond substituents is 1. The summed E-state index contributed by atoms with van der Waals surface area (Å²) in [5, 5.41) is 21.1. The number of aliphatic hydroxyl groups excluding tert-OH is 1. The molecule has 144 valence electrons. The van der Waals surface area contributed by atoms with E-state index in [0.29, 0.717) is 28.6 Å². The number of aliphatic hydroxyl groups is 1. The summed E-state index contributed by atoms with van der Waals surface area (Å²) in [5.41, 5.74) is 2.44. The molecule has 1 atom stereocenters. The van der Waals surface area contributed by atoms with Crippen molar-refractivity contribution in [3.8, 4) is 11.4 Å². The van der Waals surface area contributed by atoms with Gasteiger partial charge in [0.1, 0.15) is 16.5 Å². The predicted octanol–water partition coefficient (Wildman–Crippen LogP) is 3.88. The van der Waals surface area contributed by atoms with Crippen molar-refractivity contribution in [1.29, 1.82) is 0 Å². The molecule has 0 aliphatic heterocycles. The molecule has 2 N–H and O–H groups in total. The fourth-order valence-corrected chi connectivity index (χ4v) is 4.16. The highest BCUT2D eigenvalue weighted by Crippen LogP contribution is 2.37. The average Bonchev–Trinajstić information content (AvgIpc) is 2.93. The van der Waals surface area contributed by atoms with E-state index in [4.69, 9.17) is 0 Å². The lowest BCUT2D eigenvalue weighted by molar-refractivity contribution is 0.198. The van der Waals surface area contributed by atoms with Gasteiger partial charge in [0.15, 0.2) is 9.84 Å². The molecular weight excluding hydrogens is 369 g/mol. The van der Waals surface area contributed by atoms with Gasteiger partial charge >= 0.3 is 0 Å². The largest absolute Gasteiger partial charge is 0.506 e. The van der Waals surface area contributed by atoms with Gasteiger partial charge in [-0.25, -0.2) is 12.8 Å². The molecule has 0 saturated carbocycles. The Morgan fingerprint density at radius 3 is 2.48 bits per heavy atom. The Labute approximate surface area is 157 Å². The van der Waals surface area contributed by atoms with Crippen LogP contribution in [0, 0.1) is 5.82 Å². The number of phenols is 1. The molecule has 0 radical (unpaired) electrons. The minimum Gasteiger partial charge on any atom is -0.506 e. The summed E-state index contributed by atoms with van der Waals surface area (Å²) in [6.45, 7) is 3.56. The van der Waals surface area contributed by atoms with E-state index in [1.165, 1.54) is 18.2 Å². The molecule has 0 aliphatic rings. The first-order valence-corrected chi connectivity index (χ1v) is 10.6. The Kier molecular flexibility index (Phi) is 5.01. The Hall–Kier alpha value is -2.38. The molecule has 0 spiro atoms. The number of hydrogen-bond acceptors (Lipinski definition) is 4. The molecule has 0 fully saturated rings. The number of sulfone groups is 1. The monoisotopic (exact) mass is 391 g/mol. The molecule has 5 nitrogen and oxygen atoms in total. The van der Waals surface area contributed by atoms with Gasteiger partial charge in [0.2, 0.25) is 0 Å². The van der Waals surface area contributed by atoms with E-state index in [1.54, 1.807) is 25.1 Å². The van der Waals surface area contributed by atoms with Crippen LogP contribution in [-0.4, -0.2) is 29.5 Å². The van der Waals surface area contributed by atoms with Crippen LogP contribution in [-0.2, 0) is 16.3 Å². The minimum absolute atomic E-state index is 0.134. The maximum absolute atomic E-state index is 13.7. The van der Waals surface area contributed by atoms with E-state index in [9.17, 15) is 23.0 Å². The number of fused-ring (bicyclic) bond motifs is 1. The molecule has 1 aromatic heterocycles. The molecule has 1 unspecified atom stereocenters. The van der Waals surface area contributed by atoms with Crippen LogP contribution in [0.5, 0.6) is 5.75 Å². The van der Waals surface area contributed by atoms with Gasteiger partial charge in [0, 0.05) is 22.9 Å². The number of hydrogen-bond donors (Lipinski definition) is 2. The molecule has 0 aliphatic carbocycles. The topological polar surface area (TPSA) is 79.5 Å². The quantitative estimate of drug-likeness (QED) is 0.692. The maximum atomic E-state index is 13.7. The zero-order valence-corrected chi connectivity index (χ0v) is 16.2. The van der Waals surface area contributed by atoms with Crippen LogP contribution in [0.4, 0.5) is 4.39 Å². The van der Waals surface area contributed by atoms with E-state index >= 15 is 0 Å². The molecular formula is C20H22FNO4S. The van der Waals surface area contributed by atoms with E-state index in [0.717, 1.165) is 18.4 Å².